The lowest BCUT2D eigenvalue weighted by Crippen LogP contribution is -2.31. The van der Waals surface area contributed by atoms with E-state index in [1.165, 1.54) is 37.9 Å². The van der Waals surface area contributed by atoms with Gasteiger partial charge in [0.2, 0.25) is 0 Å². The molecule has 1 aliphatic rings. The van der Waals surface area contributed by atoms with Crippen LogP contribution in [0.5, 0.6) is 0 Å². The Hall–Kier alpha value is -2.40. The number of H-pyrrole nitrogens is 1. The molecule has 2 heterocycles. The molecular formula is C23H31N3O2. The van der Waals surface area contributed by atoms with Crippen molar-refractivity contribution in [1.82, 2.24) is 15.2 Å². The summed E-state index contributed by atoms with van der Waals surface area (Å²) in [6.45, 7) is 9.45. The van der Waals surface area contributed by atoms with Gasteiger partial charge < -0.3 is 15.2 Å². The molecular weight excluding hydrogens is 350 g/mol. The van der Waals surface area contributed by atoms with Crippen LogP contribution < -0.4 is 10.9 Å². The van der Waals surface area contributed by atoms with Gasteiger partial charge in [-0.2, -0.15) is 0 Å². The molecule has 1 amide bonds. The SMILES string of the molecule is Cc1cc(C)c(CNC(=O)c2ccc(CCN3CCCCC3)cc2C)c(=O)[nH]1. The number of amides is 1. The predicted molar refractivity (Wildman–Crippen MR) is 113 cm³/mol. The monoisotopic (exact) mass is 381 g/mol. The van der Waals surface area contributed by atoms with Gasteiger partial charge in [-0.05, 0) is 81.9 Å². The van der Waals surface area contributed by atoms with Gasteiger partial charge in [-0.3, -0.25) is 9.59 Å². The number of pyridine rings is 1. The highest BCUT2D eigenvalue weighted by Gasteiger charge is 2.13. The largest absolute Gasteiger partial charge is 0.348 e. The molecule has 1 aromatic carbocycles. The van der Waals surface area contributed by atoms with Gasteiger partial charge in [-0.25, -0.2) is 0 Å². The summed E-state index contributed by atoms with van der Waals surface area (Å²) in [6, 6.07) is 7.99. The number of aromatic nitrogens is 1. The molecule has 0 atom stereocenters. The third-order valence-corrected chi connectivity index (χ3v) is 5.62. The molecule has 150 valence electrons. The van der Waals surface area contributed by atoms with E-state index in [1.54, 1.807) is 0 Å². The van der Waals surface area contributed by atoms with E-state index in [0.29, 0.717) is 11.1 Å². The molecule has 0 aliphatic carbocycles. The van der Waals surface area contributed by atoms with Crippen LogP contribution in [0.25, 0.3) is 0 Å². The third-order valence-electron chi connectivity index (χ3n) is 5.62. The van der Waals surface area contributed by atoms with Crippen LogP contribution in [0.1, 0.15) is 57.6 Å². The normalized spacial score (nSPS) is 14.8. The number of likely N-dealkylation sites (tertiary alicyclic amines) is 1. The van der Waals surface area contributed by atoms with Gasteiger partial charge in [0.15, 0.2) is 0 Å². The number of nitrogens with one attached hydrogen (secondary N) is 2. The van der Waals surface area contributed by atoms with Crippen molar-refractivity contribution >= 4 is 5.91 Å². The fourth-order valence-corrected chi connectivity index (χ4v) is 3.97. The lowest BCUT2D eigenvalue weighted by atomic mass is 10.0. The van der Waals surface area contributed by atoms with Crippen LogP contribution in [-0.4, -0.2) is 35.4 Å². The van der Waals surface area contributed by atoms with Gasteiger partial charge in [-0.1, -0.05) is 18.6 Å². The molecule has 1 aromatic heterocycles. The Morgan fingerprint density at radius 3 is 2.50 bits per heavy atom. The number of aryl methyl sites for hydroxylation is 3. The van der Waals surface area contributed by atoms with E-state index in [-0.39, 0.29) is 18.0 Å². The second-order valence-corrected chi connectivity index (χ2v) is 7.93. The Morgan fingerprint density at radius 1 is 1.07 bits per heavy atom. The van der Waals surface area contributed by atoms with Gasteiger partial charge in [-0.15, -0.1) is 0 Å². The van der Waals surface area contributed by atoms with Crippen LogP contribution >= 0.6 is 0 Å². The molecule has 1 saturated heterocycles. The molecule has 0 radical (unpaired) electrons. The Kier molecular flexibility index (Phi) is 6.68. The third kappa shape index (κ3) is 5.10. The Balaban J connectivity index is 1.60. The van der Waals surface area contributed by atoms with Gasteiger partial charge in [0.25, 0.3) is 11.5 Å². The maximum atomic E-state index is 12.6. The van der Waals surface area contributed by atoms with E-state index >= 15 is 0 Å². The summed E-state index contributed by atoms with van der Waals surface area (Å²) in [5.74, 6) is -0.139. The maximum absolute atomic E-state index is 12.6. The summed E-state index contributed by atoms with van der Waals surface area (Å²) in [6.07, 6.45) is 4.98. The van der Waals surface area contributed by atoms with E-state index in [2.05, 4.69) is 27.3 Å². The summed E-state index contributed by atoms with van der Waals surface area (Å²) < 4.78 is 0. The van der Waals surface area contributed by atoms with Gasteiger partial charge in [0, 0.05) is 29.9 Å². The quantitative estimate of drug-likeness (QED) is 0.807. The molecule has 5 heteroatoms. The van der Waals surface area contributed by atoms with Crippen molar-refractivity contribution in [3.8, 4) is 0 Å². The number of rotatable bonds is 6. The van der Waals surface area contributed by atoms with Gasteiger partial charge >= 0.3 is 0 Å². The molecule has 1 aliphatic heterocycles. The van der Waals surface area contributed by atoms with E-state index in [1.807, 2.05) is 32.9 Å². The van der Waals surface area contributed by atoms with Crippen LogP contribution in [0.3, 0.4) is 0 Å². The molecule has 1 fully saturated rings. The van der Waals surface area contributed by atoms with Gasteiger partial charge in [0.1, 0.15) is 0 Å². The first kappa shape index (κ1) is 20.3. The van der Waals surface area contributed by atoms with Crippen LogP contribution in [0.15, 0.2) is 29.1 Å². The summed E-state index contributed by atoms with van der Waals surface area (Å²) in [7, 11) is 0. The topological polar surface area (TPSA) is 65.2 Å². The molecule has 0 bridgehead atoms. The molecule has 3 rings (SSSR count). The highest BCUT2D eigenvalue weighted by molar-refractivity contribution is 5.95. The molecule has 28 heavy (non-hydrogen) atoms. The average Bonchev–Trinajstić information content (AvgIpc) is 2.66. The summed E-state index contributed by atoms with van der Waals surface area (Å²) >= 11 is 0. The highest BCUT2D eigenvalue weighted by atomic mass is 16.1. The molecule has 5 nitrogen and oxygen atoms in total. The van der Waals surface area contributed by atoms with Crippen LogP contribution in [0, 0.1) is 20.8 Å². The number of piperidine rings is 1. The molecule has 2 N–H and O–H groups in total. The molecule has 0 unspecified atom stereocenters. The Bertz CT molecular complexity index is 895. The lowest BCUT2D eigenvalue weighted by Gasteiger charge is -2.26. The van der Waals surface area contributed by atoms with Crippen LogP contribution in [0.2, 0.25) is 0 Å². The first-order valence-corrected chi connectivity index (χ1v) is 10.2. The molecule has 0 saturated carbocycles. The smallest absolute Gasteiger partial charge is 0.253 e. The highest BCUT2D eigenvalue weighted by Crippen LogP contribution is 2.14. The first-order valence-electron chi connectivity index (χ1n) is 10.2. The molecule has 0 spiro atoms. The Labute approximate surface area is 167 Å². The fourth-order valence-electron chi connectivity index (χ4n) is 3.97. The minimum Gasteiger partial charge on any atom is -0.348 e. The zero-order valence-electron chi connectivity index (χ0n) is 17.2. The van der Waals surface area contributed by atoms with Crippen LogP contribution in [-0.2, 0) is 13.0 Å². The number of benzene rings is 1. The number of carbonyl (C=O) groups excluding carboxylic acids is 1. The second-order valence-electron chi connectivity index (χ2n) is 7.93. The van der Waals surface area contributed by atoms with Crippen molar-refractivity contribution in [2.24, 2.45) is 0 Å². The number of hydrogen-bond acceptors (Lipinski definition) is 3. The van der Waals surface area contributed by atoms with Gasteiger partial charge in [0.05, 0.1) is 0 Å². The molecule has 2 aromatic rings. The number of hydrogen-bond donors (Lipinski definition) is 2. The van der Waals surface area contributed by atoms with E-state index < -0.39 is 0 Å². The standard InChI is InChI=1S/C23H31N3O2/c1-16-13-18(3)25-23(28)21(16)15-24-22(27)20-8-7-19(14-17(20)2)9-12-26-10-5-4-6-11-26/h7-8,13-14H,4-6,9-12,15H2,1-3H3,(H,24,27)(H,25,28). The fraction of sp³-hybridized carbons (Fsp3) is 0.478. The number of aromatic amines is 1. The summed E-state index contributed by atoms with van der Waals surface area (Å²) in [5, 5.41) is 2.89. The predicted octanol–water partition coefficient (Wildman–Crippen LogP) is 3.26. The average molecular weight is 382 g/mol. The van der Waals surface area contributed by atoms with Crippen molar-refractivity contribution < 1.29 is 4.79 Å². The minimum atomic E-state index is -0.139. The lowest BCUT2D eigenvalue weighted by molar-refractivity contribution is 0.0950. The first-order chi connectivity index (χ1) is 13.4. The van der Waals surface area contributed by atoms with Crippen molar-refractivity contribution in [2.75, 3.05) is 19.6 Å². The van der Waals surface area contributed by atoms with Crippen LogP contribution in [0.4, 0.5) is 0 Å². The maximum Gasteiger partial charge on any atom is 0.253 e. The summed E-state index contributed by atoms with van der Waals surface area (Å²) in [4.78, 5) is 30.0. The Morgan fingerprint density at radius 2 is 1.82 bits per heavy atom. The number of carbonyl (C=O) groups is 1. The van der Waals surface area contributed by atoms with Crippen molar-refractivity contribution in [3.63, 3.8) is 0 Å². The zero-order chi connectivity index (χ0) is 20.1. The van der Waals surface area contributed by atoms with E-state index in [4.69, 9.17) is 0 Å². The van der Waals surface area contributed by atoms with E-state index in [9.17, 15) is 9.59 Å². The van der Waals surface area contributed by atoms with Crippen molar-refractivity contribution in [1.29, 1.82) is 0 Å². The van der Waals surface area contributed by atoms with Crippen molar-refractivity contribution in [2.45, 2.75) is 53.0 Å². The second kappa shape index (κ2) is 9.20. The minimum absolute atomic E-state index is 0.136. The zero-order valence-corrected chi connectivity index (χ0v) is 17.2. The number of nitrogens with zero attached hydrogens (tertiary/aromatic N) is 1. The summed E-state index contributed by atoms with van der Waals surface area (Å²) in [5.41, 5.74) is 5.11. The van der Waals surface area contributed by atoms with E-state index in [0.717, 1.165) is 29.8 Å². The van der Waals surface area contributed by atoms with Crippen molar-refractivity contribution in [3.05, 3.63) is 68.1 Å².